The molecule has 0 aliphatic rings. The molecule has 1 aromatic carbocycles. The first-order valence-electron chi connectivity index (χ1n) is 2.85. The number of hydrogen-bond acceptors (Lipinski definition) is 3. The number of benzene rings is 1. The SMILES string of the molecule is O=[N+]([O-])c1ccc(Br)c(O)c1F. The number of rotatable bonds is 1. The van der Waals surface area contributed by atoms with Crippen LogP contribution in [0, 0.1) is 15.9 Å². The van der Waals surface area contributed by atoms with Gasteiger partial charge in [-0.25, -0.2) is 0 Å². The molecule has 12 heavy (non-hydrogen) atoms. The molecule has 6 heteroatoms. The van der Waals surface area contributed by atoms with E-state index in [1.54, 1.807) is 0 Å². The van der Waals surface area contributed by atoms with Gasteiger partial charge in [-0.15, -0.1) is 0 Å². The summed E-state index contributed by atoms with van der Waals surface area (Å²) in [6.07, 6.45) is 0. The summed E-state index contributed by atoms with van der Waals surface area (Å²) in [4.78, 5) is 9.22. The Labute approximate surface area is 74.9 Å². The van der Waals surface area contributed by atoms with Gasteiger partial charge in [0, 0.05) is 6.07 Å². The van der Waals surface area contributed by atoms with Gasteiger partial charge in [-0.2, -0.15) is 4.39 Å². The van der Waals surface area contributed by atoms with Crippen molar-refractivity contribution in [1.29, 1.82) is 0 Å². The Morgan fingerprint density at radius 2 is 2.17 bits per heavy atom. The van der Waals surface area contributed by atoms with E-state index in [2.05, 4.69) is 15.9 Å². The van der Waals surface area contributed by atoms with Gasteiger partial charge < -0.3 is 5.11 Å². The third-order valence-electron chi connectivity index (χ3n) is 1.24. The molecule has 0 aliphatic carbocycles. The number of phenolic OH excluding ortho intramolecular Hbond substituents is 1. The zero-order valence-corrected chi connectivity index (χ0v) is 7.21. The Hall–Kier alpha value is -1.17. The van der Waals surface area contributed by atoms with E-state index in [4.69, 9.17) is 5.11 Å². The van der Waals surface area contributed by atoms with E-state index >= 15 is 0 Å². The minimum absolute atomic E-state index is 0.0885. The van der Waals surface area contributed by atoms with Crippen LogP contribution < -0.4 is 0 Å². The van der Waals surface area contributed by atoms with Gasteiger partial charge in [0.2, 0.25) is 5.82 Å². The molecule has 0 bridgehead atoms. The van der Waals surface area contributed by atoms with E-state index in [9.17, 15) is 14.5 Å². The van der Waals surface area contributed by atoms with Crippen LogP contribution in [0.25, 0.3) is 0 Å². The van der Waals surface area contributed by atoms with Crippen molar-refractivity contribution in [3.05, 3.63) is 32.5 Å². The summed E-state index contributed by atoms with van der Waals surface area (Å²) in [6, 6.07) is 2.18. The van der Waals surface area contributed by atoms with Crippen LogP contribution >= 0.6 is 15.9 Å². The van der Waals surface area contributed by atoms with Gasteiger partial charge in [-0.3, -0.25) is 10.1 Å². The fraction of sp³-hybridized carbons (Fsp3) is 0. The summed E-state index contributed by atoms with van der Waals surface area (Å²) in [7, 11) is 0. The van der Waals surface area contributed by atoms with Crippen LogP contribution in [0.3, 0.4) is 0 Å². The predicted octanol–water partition coefficient (Wildman–Crippen LogP) is 2.20. The second-order valence-corrected chi connectivity index (χ2v) is 2.84. The quantitative estimate of drug-likeness (QED) is 0.600. The van der Waals surface area contributed by atoms with Crippen molar-refractivity contribution in [2.75, 3.05) is 0 Å². The molecule has 4 nitrogen and oxygen atoms in total. The Morgan fingerprint density at radius 1 is 1.58 bits per heavy atom. The molecule has 64 valence electrons. The summed E-state index contributed by atoms with van der Waals surface area (Å²) in [6.45, 7) is 0. The lowest BCUT2D eigenvalue weighted by Gasteiger charge is -1.98. The van der Waals surface area contributed by atoms with Crippen LogP contribution in [0.2, 0.25) is 0 Å². The highest BCUT2D eigenvalue weighted by atomic mass is 79.9. The molecule has 0 heterocycles. The number of halogens is 2. The predicted molar refractivity (Wildman–Crippen MR) is 42.4 cm³/mol. The van der Waals surface area contributed by atoms with E-state index in [0.717, 1.165) is 6.07 Å². The third kappa shape index (κ3) is 1.38. The van der Waals surface area contributed by atoms with E-state index in [-0.39, 0.29) is 4.47 Å². The molecule has 1 rings (SSSR count). The second-order valence-electron chi connectivity index (χ2n) is 1.99. The van der Waals surface area contributed by atoms with Gasteiger partial charge in [0.15, 0.2) is 5.75 Å². The van der Waals surface area contributed by atoms with Crippen molar-refractivity contribution in [3.8, 4) is 5.75 Å². The average Bonchev–Trinajstić information content (AvgIpc) is 2.00. The molecule has 0 atom stereocenters. The third-order valence-corrected chi connectivity index (χ3v) is 1.88. The Morgan fingerprint density at radius 3 is 2.67 bits per heavy atom. The zero-order chi connectivity index (χ0) is 9.30. The summed E-state index contributed by atoms with van der Waals surface area (Å²) >= 11 is 2.82. The Kier molecular flexibility index (Phi) is 2.27. The van der Waals surface area contributed by atoms with Gasteiger partial charge in [0.25, 0.3) is 0 Å². The largest absolute Gasteiger partial charge is 0.504 e. The normalized spacial score (nSPS) is 9.83. The molecule has 0 fully saturated rings. The lowest BCUT2D eigenvalue weighted by molar-refractivity contribution is -0.387. The highest BCUT2D eigenvalue weighted by Crippen LogP contribution is 2.32. The van der Waals surface area contributed by atoms with Gasteiger partial charge in [-0.05, 0) is 22.0 Å². The smallest absolute Gasteiger partial charge is 0.308 e. The van der Waals surface area contributed by atoms with Gasteiger partial charge >= 0.3 is 5.69 Å². The second kappa shape index (κ2) is 3.06. The summed E-state index contributed by atoms with van der Waals surface area (Å²) in [5.41, 5.74) is -0.740. The number of phenols is 1. The molecule has 0 unspecified atom stereocenters. The van der Waals surface area contributed by atoms with Crippen molar-refractivity contribution < 1.29 is 14.4 Å². The van der Waals surface area contributed by atoms with Crippen LogP contribution in [0.5, 0.6) is 5.75 Å². The number of aromatic hydroxyl groups is 1. The molecule has 0 radical (unpaired) electrons. The average molecular weight is 236 g/mol. The minimum Gasteiger partial charge on any atom is -0.504 e. The fourth-order valence-corrected chi connectivity index (χ4v) is 0.978. The van der Waals surface area contributed by atoms with Gasteiger partial charge in [0.1, 0.15) is 0 Å². The van der Waals surface area contributed by atoms with Crippen LogP contribution in [0.1, 0.15) is 0 Å². The monoisotopic (exact) mass is 235 g/mol. The number of hydrogen-bond donors (Lipinski definition) is 1. The first kappa shape index (κ1) is 8.92. The summed E-state index contributed by atoms with van der Waals surface area (Å²) < 4.78 is 12.9. The Bertz CT molecular complexity index is 342. The Balaban J connectivity index is 3.36. The van der Waals surface area contributed by atoms with E-state index in [0.29, 0.717) is 0 Å². The van der Waals surface area contributed by atoms with E-state index in [1.165, 1.54) is 6.07 Å². The van der Waals surface area contributed by atoms with E-state index in [1.807, 2.05) is 0 Å². The lowest BCUT2D eigenvalue weighted by Crippen LogP contribution is -1.92. The summed E-state index contributed by atoms with van der Waals surface area (Å²) in [5.74, 6) is -1.97. The summed E-state index contributed by atoms with van der Waals surface area (Å²) in [5, 5.41) is 19.0. The van der Waals surface area contributed by atoms with Crippen LogP contribution in [0.4, 0.5) is 10.1 Å². The van der Waals surface area contributed by atoms with E-state index < -0.39 is 22.2 Å². The molecule has 1 aromatic rings. The molecule has 0 saturated carbocycles. The van der Waals surface area contributed by atoms with Crippen LogP contribution in [-0.4, -0.2) is 10.0 Å². The first-order valence-corrected chi connectivity index (χ1v) is 3.64. The van der Waals surface area contributed by atoms with Crippen LogP contribution in [0.15, 0.2) is 16.6 Å². The molecule has 0 amide bonds. The highest BCUT2D eigenvalue weighted by Gasteiger charge is 2.19. The van der Waals surface area contributed by atoms with Crippen molar-refractivity contribution in [2.45, 2.75) is 0 Å². The maximum absolute atomic E-state index is 12.8. The number of nitrogens with zero attached hydrogens (tertiary/aromatic N) is 1. The first-order chi connectivity index (χ1) is 5.54. The molecule has 0 saturated heterocycles. The minimum atomic E-state index is -1.23. The van der Waals surface area contributed by atoms with Gasteiger partial charge in [-0.1, -0.05) is 0 Å². The molecule has 0 aromatic heterocycles. The molecule has 0 spiro atoms. The van der Waals surface area contributed by atoms with Gasteiger partial charge in [0.05, 0.1) is 9.40 Å². The maximum atomic E-state index is 12.8. The number of nitro groups is 1. The molecule has 1 N–H and O–H groups in total. The topological polar surface area (TPSA) is 63.4 Å². The molecular formula is C6H3BrFNO3. The molecule has 0 aliphatic heterocycles. The van der Waals surface area contributed by atoms with Crippen molar-refractivity contribution in [2.24, 2.45) is 0 Å². The standard InChI is InChI=1S/C6H3BrFNO3/c7-3-1-2-4(9(11)12)5(8)6(3)10/h1-2,10H. The maximum Gasteiger partial charge on any atom is 0.308 e. The highest BCUT2D eigenvalue weighted by molar-refractivity contribution is 9.10. The zero-order valence-electron chi connectivity index (χ0n) is 5.62. The number of nitro benzene ring substituents is 1. The van der Waals surface area contributed by atoms with Crippen molar-refractivity contribution >= 4 is 21.6 Å². The lowest BCUT2D eigenvalue weighted by atomic mass is 10.3. The molecular weight excluding hydrogens is 233 g/mol. The van der Waals surface area contributed by atoms with Crippen molar-refractivity contribution in [1.82, 2.24) is 0 Å². The fourth-order valence-electron chi connectivity index (χ4n) is 0.671. The van der Waals surface area contributed by atoms with Crippen LogP contribution in [-0.2, 0) is 0 Å². The van der Waals surface area contributed by atoms with Crippen molar-refractivity contribution in [3.63, 3.8) is 0 Å².